The topological polar surface area (TPSA) is 0 Å². The van der Waals surface area contributed by atoms with Crippen LogP contribution in [0, 0.1) is 61.2 Å². The van der Waals surface area contributed by atoms with Gasteiger partial charge in [-0.1, -0.05) is 165 Å². The second-order valence-electron chi connectivity index (χ2n) is 22.7. The predicted octanol–water partition coefficient (Wildman–Crippen LogP) is 21.3. The van der Waals surface area contributed by atoms with Gasteiger partial charge in [-0.15, -0.1) is 101 Å². The highest BCUT2D eigenvalue weighted by Crippen LogP contribution is 2.52. The molecule has 4 aliphatic heterocycles. The molecular formula is C58H77BrClIS8. The lowest BCUT2D eigenvalue weighted by Crippen LogP contribution is -2.27. The van der Waals surface area contributed by atoms with Crippen molar-refractivity contribution < 1.29 is 0 Å². The van der Waals surface area contributed by atoms with E-state index in [2.05, 4.69) is 294 Å². The Bertz CT molecular complexity index is 1960. The van der Waals surface area contributed by atoms with E-state index in [9.17, 15) is 0 Å². The third-order valence-electron chi connectivity index (χ3n) is 13.3. The van der Waals surface area contributed by atoms with Crippen LogP contribution in [0.2, 0.25) is 5.02 Å². The summed E-state index contributed by atoms with van der Waals surface area (Å²) in [5.41, 5.74) is 8.47. The molecule has 4 aliphatic rings. The van der Waals surface area contributed by atoms with Gasteiger partial charge in [0.05, 0.1) is 18.3 Å². The molecule has 4 fully saturated rings. The number of hydrogen-bond donors (Lipinski definition) is 0. The number of thioether (sulfide) groups is 8. The van der Waals surface area contributed by atoms with Crippen LogP contribution in [-0.2, 0) is 0 Å². The first-order chi connectivity index (χ1) is 32.4. The van der Waals surface area contributed by atoms with Crippen LogP contribution in [0.3, 0.4) is 0 Å². The van der Waals surface area contributed by atoms with Crippen LogP contribution >= 0.6 is 144 Å². The van der Waals surface area contributed by atoms with Crippen molar-refractivity contribution in [1.29, 1.82) is 0 Å². The summed E-state index contributed by atoms with van der Waals surface area (Å²) in [6, 6.07) is 34.5. The fraction of sp³-hybridized carbons (Fsp3) is 0.552. The molecule has 0 atom stereocenters. The molecule has 4 aromatic carbocycles. The number of hydrogen-bond acceptors (Lipinski definition) is 8. The lowest BCUT2D eigenvalue weighted by molar-refractivity contribution is 0.292. The average molecular weight is 1270 g/mol. The Morgan fingerprint density at radius 3 is 0.899 bits per heavy atom. The van der Waals surface area contributed by atoms with E-state index in [0.717, 1.165) is 34.3 Å². The van der Waals surface area contributed by atoms with E-state index < -0.39 is 0 Å². The van der Waals surface area contributed by atoms with E-state index >= 15 is 0 Å². The fourth-order valence-corrected chi connectivity index (χ4v) is 23.1. The molecular weight excluding hydrogens is 1200 g/mol. The number of benzene rings is 4. The summed E-state index contributed by atoms with van der Waals surface area (Å²) in [5, 5.41) is 0.826. The Kier molecular flexibility index (Phi) is 24.8. The summed E-state index contributed by atoms with van der Waals surface area (Å²) in [7, 11) is 0. The summed E-state index contributed by atoms with van der Waals surface area (Å²) in [6.07, 6.45) is 5.38. The minimum atomic E-state index is 0.429. The Labute approximate surface area is 481 Å². The molecule has 4 aromatic rings. The maximum absolute atomic E-state index is 5.92. The fourth-order valence-electron chi connectivity index (χ4n) is 7.38. The molecule has 4 heterocycles. The molecule has 0 aliphatic carbocycles. The number of terminal acetylenes is 1. The van der Waals surface area contributed by atoms with E-state index in [-0.39, 0.29) is 0 Å². The zero-order valence-corrected chi connectivity index (χ0v) is 54.0. The Morgan fingerprint density at radius 1 is 0.420 bits per heavy atom. The van der Waals surface area contributed by atoms with Gasteiger partial charge >= 0.3 is 0 Å². The highest BCUT2D eigenvalue weighted by Gasteiger charge is 2.34. The maximum Gasteiger partial charge on any atom is 0.0751 e. The summed E-state index contributed by atoms with van der Waals surface area (Å²) >= 11 is 28.5. The molecule has 0 spiro atoms. The third kappa shape index (κ3) is 20.3. The van der Waals surface area contributed by atoms with Crippen LogP contribution in [-0.4, -0.2) is 46.0 Å². The van der Waals surface area contributed by atoms with Gasteiger partial charge in [0.1, 0.15) is 0 Å². The minimum Gasteiger partial charge on any atom is -0.142 e. The molecule has 0 saturated carbocycles. The van der Waals surface area contributed by atoms with Crippen molar-refractivity contribution in [3.8, 4) is 12.3 Å². The largest absolute Gasteiger partial charge is 0.142 e. The first-order valence-corrected chi connectivity index (χ1v) is 34.8. The van der Waals surface area contributed by atoms with Crippen LogP contribution in [0.15, 0.2) is 102 Å². The van der Waals surface area contributed by atoms with E-state index in [1.165, 1.54) is 76.3 Å². The summed E-state index contributed by atoms with van der Waals surface area (Å²) < 4.78 is 4.93. The number of halogens is 3. The quantitative estimate of drug-likeness (QED) is 0.145. The molecule has 4 saturated heterocycles. The van der Waals surface area contributed by atoms with Crippen molar-refractivity contribution in [3.63, 3.8) is 0 Å². The van der Waals surface area contributed by atoms with Crippen LogP contribution in [0.5, 0.6) is 0 Å². The molecule has 69 heavy (non-hydrogen) atoms. The van der Waals surface area contributed by atoms with Gasteiger partial charge in [0.2, 0.25) is 0 Å². The van der Waals surface area contributed by atoms with Crippen molar-refractivity contribution in [2.24, 2.45) is 45.3 Å². The zero-order chi connectivity index (χ0) is 50.6. The van der Waals surface area contributed by atoms with E-state index in [1.807, 2.05) is 24.3 Å². The van der Waals surface area contributed by atoms with Crippen molar-refractivity contribution in [2.75, 3.05) is 46.0 Å². The lowest BCUT2D eigenvalue weighted by Gasteiger charge is -2.36. The SMILES string of the molecule is C#Cc1ccc(C2SCC(C(C)(C)C)CS2)cc1.CC(C)(C)C1CSC(c2ccc(Br)cc2)SC1.CC(C)(C)C1CSC(c2ccc(Cl)cc2)SC1.CC(C)(C)C1CSC(c2ccc(I)cc2)SC1. The van der Waals surface area contributed by atoms with Gasteiger partial charge < -0.3 is 0 Å². The third-order valence-corrected chi connectivity index (χ3v) is 27.4. The molecule has 0 N–H and O–H groups in total. The summed E-state index contributed by atoms with van der Waals surface area (Å²) in [6.45, 7) is 28.3. The van der Waals surface area contributed by atoms with Crippen LogP contribution in [0.25, 0.3) is 0 Å². The molecule has 8 rings (SSSR count). The average Bonchev–Trinajstić information content (AvgIpc) is 3.32. The lowest BCUT2D eigenvalue weighted by atomic mass is 9.83. The van der Waals surface area contributed by atoms with Crippen molar-refractivity contribution >= 4 is 144 Å². The Morgan fingerprint density at radius 2 is 0.652 bits per heavy atom. The van der Waals surface area contributed by atoms with Crippen LogP contribution in [0.4, 0.5) is 0 Å². The smallest absolute Gasteiger partial charge is 0.0751 e. The van der Waals surface area contributed by atoms with E-state index in [0.29, 0.717) is 40.0 Å². The second kappa shape index (κ2) is 28.2. The van der Waals surface area contributed by atoms with Crippen molar-refractivity contribution in [2.45, 2.75) is 101 Å². The van der Waals surface area contributed by atoms with Gasteiger partial charge in [0.25, 0.3) is 0 Å². The van der Waals surface area contributed by atoms with Crippen LogP contribution in [0.1, 0.15) is 129 Å². The van der Waals surface area contributed by atoms with Gasteiger partial charge in [0.15, 0.2) is 0 Å². The first-order valence-electron chi connectivity index (χ1n) is 24.2. The molecule has 0 unspecified atom stereocenters. The summed E-state index contributed by atoms with van der Waals surface area (Å²) in [4.78, 5) is 0. The molecule has 378 valence electrons. The standard InChI is InChI=1S/C16H20S2.C14H19BrS2.C14H19ClS2.C14H19IS2/c1-5-12-6-8-13(9-7-12)15-17-10-14(11-18-15)16(2,3)4;3*1-14(2,3)11-8-16-13(17-9-11)10-4-6-12(15)7-5-10/h1,6-9,14-15H,10-11H2,2-4H3;3*4-7,11,13H,8-9H2,1-3H3. The summed E-state index contributed by atoms with van der Waals surface area (Å²) in [5.74, 6) is 16.2. The molecule has 11 heteroatoms. The normalized spacial score (nSPS) is 25.5. The molecule has 0 amide bonds. The maximum atomic E-state index is 5.92. The van der Waals surface area contributed by atoms with Gasteiger partial charge in [-0.25, -0.2) is 0 Å². The predicted molar refractivity (Wildman–Crippen MR) is 342 cm³/mol. The highest BCUT2D eigenvalue weighted by atomic mass is 127. The Hall–Kier alpha value is 0.740. The van der Waals surface area contributed by atoms with Crippen LogP contribution < -0.4 is 0 Å². The van der Waals surface area contributed by atoms with E-state index in [1.54, 1.807) is 0 Å². The zero-order valence-electron chi connectivity index (χ0n) is 43.0. The van der Waals surface area contributed by atoms with Crippen molar-refractivity contribution in [1.82, 2.24) is 0 Å². The molecule has 0 bridgehead atoms. The monoisotopic (exact) mass is 1270 g/mol. The van der Waals surface area contributed by atoms with Gasteiger partial charge in [-0.3, -0.25) is 0 Å². The molecule has 0 radical (unpaired) electrons. The second-order valence-corrected chi connectivity index (χ2v) is 35.6. The number of rotatable bonds is 4. The Balaban J connectivity index is 0.000000172. The van der Waals surface area contributed by atoms with Gasteiger partial charge in [-0.2, -0.15) is 0 Å². The van der Waals surface area contributed by atoms with E-state index in [4.69, 9.17) is 18.0 Å². The van der Waals surface area contributed by atoms with Gasteiger partial charge in [0, 0.05) is 18.6 Å². The van der Waals surface area contributed by atoms with Gasteiger partial charge in [-0.05, 0) is 185 Å². The highest BCUT2D eigenvalue weighted by molar-refractivity contribution is 14.1. The first kappa shape index (κ1) is 60.6. The minimum absolute atomic E-state index is 0.429. The van der Waals surface area contributed by atoms with Crippen molar-refractivity contribution in [3.05, 3.63) is 138 Å². The molecule has 0 nitrogen and oxygen atoms in total. The molecule has 0 aromatic heterocycles.